The minimum Gasteiger partial charge on any atom is -0.508 e. The summed E-state index contributed by atoms with van der Waals surface area (Å²) < 4.78 is 64.9. The van der Waals surface area contributed by atoms with Gasteiger partial charge in [0.25, 0.3) is 0 Å². The lowest BCUT2D eigenvalue weighted by Gasteiger charge is -2.38. The number of aromatic hydroxyl groups is 1. The van der Waals surface area contributed by atoms with Crippen LogP contribution in [0.1, 0.15) is 31.6 Å². The van der Waals surface area contributed by atoms with E-state index < -0.39 is 35.8 Å². The smallest absolute Gasteiger partial charge is 0.493 e. The molecule has 1 saturated heterocycles. The van der Waals surface area contributed by atoms with E-state index in [9.17, 15) is 37.4 Å². The highest BCUT2D eigenvalue weighted by Crippen LogP contribution is 2.31. The lowest BCUT2D eigenvalue weighted by molar-refractivity contribution is -0.199. The number of piperidine rings is 1. The zero-order chi connectivity index (χ0) is 28.8. The number of ether oxygens (including phenoxy) is 1. The Kier molecular flexibility index (Phi) is 7.08. The number of imidazole rings is 1. The molecule has 0 aliphatic carbocycles. The van der Waals surface area contributed by atoms with Gasteiger partial charge in [-0.2, -0.15) is 13.2 Å². The van der Waals surface area contributed by atoms with E-state index >= 15 is 0 Å². The average molecular weight is 568 g/mol. The normalized spacial score (nSPS) is 16.9. The SMILES string of the molecule is Cc1nc2c(OC[C@@H](O)CC3CCCCN3n3c(=O)n(OC(=O)C(F)(F)F)c4cc(F)ccc43)cc(O)cc2o1. The van der Waals surface area contributed by atoms with Gasteiger partial charge in [0.2, 0.25) is 0 Å². The molecule has 0 saturated carbocycles. The second-order valence-electron chi connectivity index (χ2n) is 9.44. The summed E-state index contributed by atoms with van der Waals surface area (Å²) in [6.45, 7) is 1.71. The predicted octanol–water partition coefficient (Wildman–Crippen LogP) is 2.94. The molecule has 2 aromatic heterocycles. The number of alkyl halides is 3. The number of phenolic OH excluding ortho intramolecular Hbond substituents is 1. The molecule has 11 nitrogen and oxygen atoms in total. The Bertz CT molecular complexity index is 1630. The summed E-state index contributed by atoms with van der Waals surface area (Å²) in [6, 6.07) is 5.25. The second-order valence-corrected chi connectivity index (χ2v) is 9.44. The van der Waals surface area contributed by atoms with Crippen LogP contribution < -0.4 is 20.3 Å². The van der Waals surface area contributed by atoms with Crippen LogP contribution in [-0.4, -0.2) is 62.0 Å². The van der Waals surface area contributed by atoms with Crippen LogP contribution >= 0.6 is 0 Å². The average Bonchev–Trinajstić information content (AvgIpc) is 3.38. The number of aliphatic hydroxyl groups excluding tert-OH is 1. The van der Waals surface area contributed by atoms with E-state index in [0.29, 0.717) is 29.8 Å². The highest BCUT2D eigenvalue weighted by molar-refractivity contribution is 5.82. The molecule has 214 valence electrons. The fourth-order valence-corrected chi connectivity index (χ4v) is 4.86. The van der Waals surface area contributed by atoms with Crippen LogP contribution in [0.25, 0.3) is 22.1 Å². The maximum absolute atomic E-state index is 14.0. The van der Waals surface area contributed by atoms with Crippen molar-refractivity contribution in [2.45, 2.75) is 50.9 Å². The lowest BCUT2D eigenvalue weighted by Crippen LogP contribution is -2.53. The molecule has 2 atom stereocenters. The largest absolute Gasteiger partial charge is 0.508 e. The van der Waals surface area contributed by atoms with E-state index in [1.807, 2.05) is 0 Å². The quantitative estimate of drug-likeness (QED) is 0.323. The van der Waals surface area contributed by atoms with Crippen LogP contribution in [0.2, 0.25) is 0 Å². The summed E-state index contributed by atoms with van der Waals surface area (Å²) in [5.74, 6) is -3.06. The van der Waals surface area contributed by atoms with Gasteiger partial charge < -0.3 is 29.2 Å². The molecule has 5 rings (SSSR count). The third-order valence-electron chi connectivity index (χ3n) is 6.53. The van der Waals surface area contributed by atoms with Crippen LogP contribution in [0.4, 0.5) is 17.6 Å². The number of aromatic nitrogens is 3. The molecular formula is C25H24F4N4O7. The molecule has 0 radical (unpaired) electrons. The van der Waals surface area contributed by atoms with Gasteiger partial charge >= 0.3 is 17.8 Å². The van der Waals surface area contributed by atoms with E-state index in [-0.39, 0.29) is 46.8 Å². The van der Waals surface area contributed by atoms with Crippen LogP contribution in [-0.2, 0) is 4.79 Å². The Balaban J connectivity index is 1.40. The van der Waals surface area contributed by atoms with Gasteiger partial charge in [-0.1, -0.05) is 0 Å². The maximum atomic E-state index is 14.0. The number of hydrogen-bond donors (Lipinski definition) is 2. The molecule has 0 amide bonds. The molecule has 0 spiro atoms. The number of aryl methyl sites for hydroxylation is 1. The van der Waals surface area contributed by atoms with Crippen molar-refractivity contribution in [3.8, 4) is 11.5 Å². The summed E-state index contributed by atoms with van der Waals surface area (Å²) in [4.78, 5) is 33.3. The van der Waals surface area contributed by atoms with Crippen molar-refractivity contribution >= 4 is 28.1 Å². The highest BCUT2D eigenvalue weighted by atomic mass is 19.4. The maximum Gasteiger partial charge on any atom is 0.493 e. The summed E-state index contributed by atoms with van der Waals surface area (Å²) in [5.41, 5.74) is -0.825. The van der Waals surface area contributed by atoms with E-state index in [1.54, 1.807) is 11.9 Å². The van der Waals surface area contributed by atoms with Gasteiger partial charge in [0, 0.05) is 37.7 Å². The molecular weight excluding hydrogens is 544 g/mol. The van der Waals surface area contributed by atoms with Gasteiger partial charge in [-0.05, 0) is 37.8 Å². The third-order valence-corrected chi connectivity index (χ3v) is 6.53. The van der Waals surface area contributed by atoms with Gasteiger partial charge in [0.1, 0.15) is 23.7 Å². The molecule has 2 aromatic carbocycles. The first-order chi connectivity index (χ1) is 18.9. The first-order valence-corrected chi connectivity index (χ1v) is 12.3. The Morgan fingerprint density at radius 3 is 2.75 bits per heavy atom. The van der Waals surface area contributed by atoms with Crippen LogP contribution in [0.3, 0.4) is 0 Å². The van der Waals surface area contributed by atoms with Crippen molar-refractivity contribution in [2.24, 2.45) is 0 Å². The van der Waals surface area contributed by atoms with Crippen molar-refractivity contribution in [3.05, 3.63) is 52.5 Å². The van der Waals surface area contributed by atoms with Gasteiger partial charge in [0.15, 0.2) is 22.7 Å². The first kappa shape index (κ1) is 27.3. The zero-order valence-electron chi connectivity index (χ0n) is 21.0. The number of phenols is 1. The Labute approximate surface area is 222 Å². The summed E-state index contributed by atoms with van der Waals surface area (Å²) in [6.07, 6.45) is -4.49. The molecule has 3 heterocycles. The Morgan fingerprint density at radius 2 is 2.00 bits per heavy atom. The standard InChI is InChI=1S/C25H24F4N4O7/c1-13-30-22-20(10-16(34)11-21(22)39-13)38-12-17(35)9-15-4-2-3-7-31(15)32-18-6-5-14(26)8-19(18)33(24(32)37)40-23(36)25(27,28)29/h5-6,8,10-11,15,17,34-35H,2-4,7,9,12H2,1H3/t15?,17-/m0/s1. The van der Waals surface area contributed by atoms with Crippen molar-refractivity contribution < 1.29 is 46.6 Å². The monoisotopic (exact) mass is 568 g/mol. The highest BCUT2D eigenvalue weighted by Gasteiger charge is 2.43. The van der Waals surface area contributed by atoms with E-state index in [1.165, 1.54) is 18.2 Å². The molecule has 0 bridgehead atoms. The van der Waals surface area contributed by atoms with Crippen molar-refractivity contribution in [3.63, 3.8) is 0 Å². The van der Waals surface area contributed by atoms with Gasteiger partial charge in [-0.3, -0.25) is 0 Å². The molecule has 1 aliphatic rings. The number of carbonyl (C=O) groups is 1. The number of halogens is 4. The number of oxazole rings is 1. The minimum absolute atomic E-state index is 0.0163. The lowest BCUT2D eigenvalue weighted by atomic mass is 9.98. The first-order valence-electron chi connectivity index (χ1n) is 12.3. The van der Waals surface area contributed by atoms with Crippen molar-refractivity contribution in [2.75, 3.05) is 18.2 Å². The minimum atomic E-state index is -5.38. The Morgan fingerprint density at radius 1 is 1.23 bits per heavy atom. The number of aliphatic hydroxyl groups is 1. The topological polar surface area (TPSA) is 132 Å². The molecule has 2 N–H and O–H groups in total. The molecule has 40 heavy (non-hydrogen) atoms. The second kappa shape index (κ2) is 10.4. The van der Waals surface area contributed by atoms with E-state index in [0.717, 1.165) is 23.2 Å². The molecule has 1 unspecified atom stereocenters. The molecule has 15 heteroatoms. The fraction of sp³-hybridized carbons (Fsp3) is 0.400. The summed E-state index contributed by atoms with van der Waals surface area (Å²) in [5, 5.41) is 22.3. The molecule has 1 fully saturated rings. The van der Waals surface area contributed by atoms with E-state index in [4.69, 9.17) is 9.15 Å². The summed E-state index contributed by atoms with van der Waals surface area (Å²) >= 11 is 0. The van der Waals surface area contributed by atoms with Gasteiger partial charge in [-0.15, -0.1) is 4.73 Å². The molecule has 1 aliphatic heterocycles. The predicted molar refractivity (Wildman–Crippen MR) is 131 cm³/mol. The van der Waals surface area contributed by atoms with Crippen LogP contribution in [0, 0.1) is 12.7 Å². The van der Waals surface area contributed by atoms with Crippen molar-refractivity contribution in [1.29, 1.82) is 0 Å². The number of rotatable bonds is 7. The third kappa shape index (κ3) is 5.28. The summed E-state index contributed by atoms with van der Waals surface area (Å²) in [7, 11) is 0. The number of fused-ring (bicyclic) bond motifs is 2. The van der Waals surface area contributed by atoms with Crippen LogP contribution in [0.5, 0.6) is 11.5 Å². The van der Waals surface area contributed by atoms with E-state index in [2.05, 4.69) is 9.82 Å². The zero-order valence-corrected chi connectivity index (χ0v) is 21.0. The fourth-order valence-electron chi connectivity index (χ4n) is 4.86. The van der Waals surface area contributed by atoms with Gasteiger partial charge in [-0.25, -0.2) is 23.6 Å². The van der Waals surface area contributed by atoms with Crippen LogP contribution in [0.15, 0.2) is 39.5 Å². The van der Waals surface area contributed by atoms with Gasteiger partial charge in [0.05, 0.1) is 11.6 Å². The number of carbonyl (C=O) groups excluding carboxylic acids is 1. The number of hydrogen-bond acceptors (Lipinski definition) is 9. The van der Waals surface area contributed by atoms with Crippen molar-refractivity contribution in [1.82, 2.24) is 14.4 Å². The Hall–Kier alpha value is -4.27. The number of benzene rings is 2. The number of nitrogens with zero attached hydrogens (tertiary/aromatic N) is 4. The molecule has 4 aromatic rings.